The smallest absolute Gasteiger partial charge is 0.164 e. The number of rotatable bonds is 11. The second-order valence-electron chi connectivity index (χ2n) is 15.7. The third kappa shape index (κ3) is 9.84. The zero-order valence-electron chi connectivity index (χ0n) is 32.5. The number of hydrogen-bond acceptors (Lipinski definition) is 5. The fourth-order valence-corrected chi connectivity index (χ4v) is 6.09. The number of hydrogen-bond donors (Lipinski definition) is 1. The Morgan fingerprint density at radius 1 is 0.882 bits per heavy atom. The molecule has 0 amide bonds. The molecule has 0 saturated carbocycles. The van der Waals surface area contributed by atoms with Gasteiger partial charge in [-0.2, -0.15) is 0 Å². The van der Waals surface area contributed by atoms with Gasteiger partial charge in [0.1, 0.15) is 17.0 Å². The topological polar surface area (TPSA) is 76.2 Å². The Hall–Kier alpha value is -3.60. The molecule has 6 heteroatoms. The quantitative estimate of drug-likeness (QED) is 0.0813. The average molecular weight is 866 g/mol. The zero-order valence-corrected chi connectivity index (χ0v) is 34.9. The summed E-state index contributed by atoms with van der Waals surface area (Å²) in [5.74, 6) is 1.67. The fourth-order valence-electron chi connectivity index (χ4n) is 6.09. The predicted molar refractivity (Wildman–Crippen MR) is 209 cm³/mol. The largest absolute Gasteiger partial charge is 0.512 e. The van der Waals surface area contributed by atoms with Crippen molar-refractivity contribution >= 4 is 27.7 Å². The van der Waals surface area contributed by atoms with Crippen LogP contribution in [0.25, 0.3) is 44.5 Å². The van der Waals surface area contributed by atoms with Crippen LogP contribution in [0, 0.1) is 22.8 Å². The summed E-state index contributed by atoms with van der Waals surface area (Å²) in [6.45, 7) is 23.3. The van der Waals surface area contributed by atoms with Crippen LogP contribution in [-0.4, -0.2) is 20.9 Å². The molecule has 3 heterocycles. The van der Waals surface area contributed by atoms with Crippen molar-refractivity contribution in [2.24, 2.45) is 16.7 Å². The van der Waals surface area contributed by atoms with E-state index in [1.54, 1.807) is 0 Å². The number of furan rings is 1. The van der Waals surface area contributed by atoms with Crippen molar-refractivity contribution in [1.29, 1.82) is 0 Å². The SMILES string of the molecule is CC(C)Cc1cnc2cc(-c3ccnc(-c4[c-]c5ccccc5c(C(C)(C)C)c4)c3)oc2c1.CCC(C)(CC)C(=O)/C=C(\O)C(C)(CC)CC.[Ir]. The Labute approximate surface area is 319 Å². The van der Waals surface area contributed by atoms with Crippen molar-refractivity contribution in [3.8, 4) is 22.6 Å². The van der Waals surface area contributed by atoms with Gasteiger partial charge in [0.2, 0.25) is 0 Å². The van der Waals surface area contributed by atoms with Gasteiger partial charge in [-0.15, -0.1) is 29.1 Å². The molecule has 0 bridgehead atoms. The van der Waals surface area contributed by atoms with Crippen molar-refractivity contribution in [3.05, 3.63) is 96.0 Å². The van der Waals surface area contributed by atoms with Gasteiger partial charge in [-0.3, -0.25) is 14.8 Å². The minimum atomic E-state index is -0.337. The third-order valence-corrected chi connectivity index (χ3v) is 10.6. The molecule has 1 N–H and O–H groups in total. The third-order valence-electron chi connectivity index (χ3n) is 10.6. The van der Waals surface area contributed by atoms with Gasteiger partial charge in [-0.25, -0.2) is 0 Å². The standard InChI is InChI=1S/C30H29N2O.C15H28O2.Ir/c1-19(2)12-20-13-29-27(32-18-20)17-28(33-29)22-10-11-31-26(16-22)23-14-21-8-6-7-9-24(21)25(15-23)30(3,4)5;1-7-14(5,8-2)12(16)11-13(17)15(6,9-3)10-4;/h6-11,13,15-19H,12H2,1-5H3;11,16H,7-10H2,1-6H3;/q-1;;/b;12-11-;. The Morgan fingerprint density at radius 3 is 2.14 bits per heavy atom. The first kappa shape index (κ1) is 41.8. The molecule has 3 aromatic heterocycles. The first-order valence-electron chi connectivity index (χ1n) is 18.3. The number of pyridine rings is 2. The van der Waals surface area contributed by atoms with Crippen LogP contribution in [-0.2, 0) is 36.7 Å². The molecule has 0 fully saturated rings. The summed E-state index contributed by atoms with van der Waals surface area (Å²) < 4.78 is 6.21. The van der Waals surface area contributed by atoms with Gasteiger partial charge in [0.05, 0.1) is 0 Å². The van der Waals surface area contributed by atoms with Crippen LogP contribution in [0.2, 0.25) is 0 Å². The first-order chi connectivity index (χ1) is 23.6. The van der Waals surface area contributed by atoms with Crippen LogP contribution in [0.1, 0.15) is 113 Å². The summed E-state index contributed by atoms with van der Waals surface area (Å²) in [6.07, 6.45) is 9.55. The number of fused-ring (bicyclic) bond motifs is 2. The van der Waals surface area contributed by atoms with Crippen LogP contribution < -0.4 is 0 Å². The molecule has 0 aliphatic carbocycles. The maximum Gasteiger partial charge on any atom is 0.164 e. The summed E-state index contributed by atoms with van der Waals surface area (Å²) >= 11 is 0. The van der Waals surface area contributed by atoms with Crippen LogP contribution in [0.5, 0.6) is 0 Å². The Balaban J connectivity index is 0.000000335. The minimum Gasteiger partial charge on any atom is -0.512 e. The molecule has 1 radical (unpaired) electrons. The van der Waals surface area contributed by atoms with Crippen LogP contribution >= 0.6 is 0 Å². The number of benzene rings is 2. The van der Waals surface area contributed by atoms with E-state index >= 15 is 0 Å². The number of aliphatic hydroxyl groups excluding tert-OH is 1. The van der Waals surface area contributed by atoms with E-state index in [0.717, 1.165) is 71.2 Å². The number of aliphatic hydroxyl groups is 1. The Morgan fingerprint density at radius 2 is 1.53 bits per heavy atom. The molecule has 0 atom stereocenters. The first-order valence-corrected chi connectivity index (χ1v) is 18.3. The normalized spacial score (nSPS) is 12.5. The van der Waals surface area contributed by atoms with Crippen molar-refractivity contribution < 1.29 is 34.4 Å². The molecule has 2 aromatic carbocycles. The molecule has 0 aliphatic rings. The zero-order chi connectivity index (χ0) is 36.9. The van der Waals surface area contributed by atoms with Gasteiger partial charge in [0.25, 0.3) is 0 Å². The van der Waals surface area contributed by atoms with Gasteiger partial charge in [-0.05, 0) is 61.1 Å². The van der Waals surface area contributed by atoms with Crippen LogP contribution in [0.4, 0.5) is 0 Å². The van der Waals surface area contributed by atoms with E-state index < -0.39 is 0 Å². The van der Waals surface area contributed by atoms with Gasteiger partial charge in [0.15, 0.2) is 11.4 Å². The summed E-state index contributed by atoms with van der Waals surface area (Å²) in [7, 11) is 0. The molecule has 5 aromatic rings. The van der Waals surface area contributed by atoms with Crippen molar-refractivity contribution in [1.82, 2.24) is 9.97 Å². The second kappa shape index (κ2) is 17.3. The van der Waals surface area contributed by atoms with E-state index in [-0.39, 0.29) is 47.9 Å². The summed E-state index contributed by atoms with van der Waals surface area (Å²) in [4.78, 5) is 21.5. The van der Waals surface area contributed by atoms with E-state index in [4.69, 9.17) is 4.42 Å². The summed E-state index contributed by atoms with van der Waals surface area (Å²) in [5, 5.41) is 12.5. The number of aromatic nitrogens is 2. The second-order valence-corrected chi connectivity index (χ2v) is 15.7. The number of nitrogens with zero attached hydrogens (tertiary/aromatic N) is 2. The number of carbonyl (C=O) groups is 1. The maximum absolute atomic E-state index is 12.2. The monoisotopic (exact) mass is 866 g/mol. The van der Waals surface area contributed by atoms with E-state index in [2.05, 4.69) is 93.1 Å². The molecule has 0 aliphatic heterocycles. The predicted octanol–water partition coefficient (Wildman–Crippen LogP) is 12.7. The fraction of sp³-hybridized carbons (Fsp3) is 0.444. The van der Waals surface area contributed by atoms with E-state index in [1.807, 2.05) is 66.1 Å². The van der Waals surface area contributed by atoms with E-state index in [9.17, 15) is 9.90 Å². The molecule has 0 saturated heterocycles. The molecular weight excluding hydrogens is 809 g/mol. The number of ketones is 1. The average Bonchev–Trinajstić information content (AvgIpc) is 3.53. The van der Waals surface area contributed by atoms with Crippen LogP contribution in [0.15, 0.2) is 83.2 Å². The molecule has 5 rings (SSSR count). The molecule has 0 unspecified atom stereocenters. The van der Waals surface area contributed by atoms with E-state index in [0.29, 0.717) is 5.92 Å². The molecular formula is C45H57IrN2O3-. The van der Waals surface area contributed by atoms with Crippen molar-refractivity contribution in [2.75, 3.05) is 0 Å². The summed E-state index contributed by atoms with van der Waals surface area (Å²) in [5.41, 5.74) is 6.48. The summed E-state index contributed by atoms with van der Waals surface area (Å²) in [6, 6.07) is 22.5. The molecule has 0 spiro atoms. The maximum atomic E-state index is 12.2. The number of allylic oxidation sites excluding steroid dienone is 2. The minimum absolute atomic E-state index is 0. The Kier molecular flexibility index (Phi) is 14.2. The Bertz CT molecular complexity index is 1960. The van der Waals surface area contributed by atoms with Gasteiger partial charge in [-0.1, -0.05) is 111 Å². The van der Waals surface area contributed by atoms with Gasteiger partial charge in [0, 0.05) is 66.7 Å². The van der Waals surface area contributed by atoms with Gasteiger partial charge < -0.3 is 9.52 Å². The molecule has 5 nitrogen and oxygen atoms in total. The van der Waals surface area contributed by atoms with Crippen LogP contribution in [0.3, 0.4) is 0 Å². The van der Waals surface area contributed by atoms with Crippen molar-refractivity contribution in [3.63, 3.8) is 0 Å². The number of carbonyl (C=O) groups excluding carboxylic acids is 1. The van der Waals surface area contributed by atoms with Crippen molar-refractivity contribution in [2.45, 2.75) is 114 Å². The molecule has 51 heavy (non-hydrogen) atoms. The molecule has 275 valence electrons. The van der Waals surface area contributed by atoms with E-state index in [1.165, 1.54) is 22.6 Å². The van der Waals surface area contributed by atoms with Gasteiger partial charge >= 0.3 is 0 Å².